The summed E-state index contributed by atoms with van der Waals surface area (Å²) in [5.74, 6) is 0. The third-order valence-electron chi connectivity index (χ3n) is 3.35. The minimum atomic E-state index is 0.448. The van der Waals surface area contributed by atoms with Gasteiger partial charge in [-0.05, 0) is 53.2 Å². The van der Waals surface area contributed by atoms with E-state index in [0.717, 1.165) is 28.4 Å². The van der Waals surface area contributed by atoms with Gasteiger partial charge < -0.3 is 10.6 Å². The highest BCUT2D eigenvalue weighted by Gasteiger charge is 2.20. The van der Waals surface area contributed by atoms with Crippen LogP contribution >= 0.6 is 39.9 Å². The van der Waals surface area contributed by atoms with Crippen molar-refractivity contribution < 1.29 is 0 Å². The van der Waals surface area contributed by atoms with Crippen LogP contribution in [-0.4, -0.2) is 29.6 Å². The van der Waals surface area contributed by atoms with Crippen LogP contribution in [0.3, 0.4) is 0 Å². The predicted octanol–water partition coefficient (Wildman–Crippen LogP) is 3.42. The van der Waals surface area contributed by atoms with Gasteiger partial charge in [-0.25, -0.2) is 0 Å². The zero-order chi connectivity index (χ0) is 13.1. The summed E-state index contributed by atoms with van der Waals surface area (Å²) < 4.78 is 1.08. The fourth-order valence-corrected chi connectivity index (χ4v) is 3.69. The number of thiocarbonyl (C=S) groups is 1. The SMILES string of the molecule is CSC1CCN(c2ccc(C(N)=S)cc2Br)CC1. The first kappa shape index (κ1) is 14.2. The second-order valence-corrected chi connectivity index (χ2v) is 6.88. The van der Waals surface area contributed by atoms with E-state index >= 15 is 0 Å². The molecule has 2 N–H and O–H groups in total. The smallest absolute Gasteiger partial charge is 0.104 e. The van der Waals surface area contributed by atoms with E-state index in [1.807, 2.05) is 23.9 Å². The van der Waals surface area contributed by atoms with E-state index in [9.17, 15) is 0 Å². The molecule has 2 nitrogen and oxygen atoms in total. The van der Waals surface area contributed by atoms with E-state index in [4.69, 9.17) is 18.0 Å². The lowest BCUT2D eigenvalue weighted by molar-refractivity contribution is 0.591. The van der Waals surface area contributed by atoms with Crippen LogP contribution in [0.15, 0.2) is 22.7 Å². The highest BCUT2D eigenvalue weighted by atomic mass is 79.9. The topological polar surface area (TPSA) is 29.3 Å². The largest absolute Gasteiger partial charge is 0.389 e. The van der Waals surface area contributed by atoms with Crippen LogP contribution in [0.5, 0.6) is 0 Å². The Morgan fingerprint density at radius 3 is 2.61 bits per heavy atom. The van der Waals surface area contributed by atoms with E-state index in [2.05, 4.69) is 33.2 Å². The molecule has 0 saturated carbocycles. The highest BCUT2D eigenvalue weighted by Crippen LogP contribution is 2.31. The van der Waals surface area contributed by atoms with Crippen molar-refractivity contribution in [1.82, 2.24) is 0 Å². The maximum Gasteiger partial charge on any atom is 0.104 e. The van der Waals surface area contributed by atoms with Crippen molar-refractivity contribution in [1.29, 1.82) is 0 Å². The van der Waals surface area contributed by atoms with Crippen molar-refractivity contribution in [2.24, 2.45) is 5.73 Å². The molecule has 5 heteroatoms. The number of nitrogens with zero attached hydrogens (tertiary/aromatic N) is 1. The minimum absolute atomic E-state index is 0.448. The van der Waals surface area contributed by atoms with Gasteiger partial charge in [0.05, 0.1) is 5.69 Å². The summed E-state index contributed by atoms with van der Waals surface area (Å²) >= 11 is 10.6. The van der Waals surface area contributed by atoms with Crippen molar-refractivity contribution in [3.8, 4) is 0 Å². The Morgan fingerprint density at radius 1 is 1.44 bits per heavy atom. The number of piperidine rings is 1. The summed E-state index contributed by atoms with van der Waals surface area (Å²) in [6.07, 6.45) is 4.71. The Bertz CT molecular complexity index is 443. The quantitative estimate of drug-likeness (QED) is 0.850. The Hall–Kier alpha value is -0.260. The average Bonchev–Trinajstić information content (AvgIpc) is 2.38. The summed E-state index contributed by atoms with van der Waals surface area (Å²) in [6, 6.07) is 6.12. The zero-order valence-corrected chi connectivity index (χ0v) is 13.6. The molecular formula is C13H17BrN2S2. The minimum Gasteiger partial charge on any atom is -0.389 e. The summed E-state index contributed by atoms with van der Waals surface area (Å²) in [7, 11) is 0. The fourth-order valence-electron chi connectivity index (χ4n) is 2.25. The van der Waals surface area contributed by atoms with Gasteiger partial charge in [-0.15, -0.1) is 0 Å². The van der Waals surface area contributed by atoms with E-state index in [1.54, 1.807) is 0 Å². The first-order valence-corrected chi connectivity index (χ1v) is 8.48. The summed E-state index contributed by atoms with van der Waals surface area (Å²) in [4.78, 5) is 2.88. The number of rotatable bonds is 3. The van der Waals surface area contributed by atoms with Gasteiger partial charge in [-0.2, -0.15) is 11.8 Å². The van der Waals surface area contributed by atoms with E-state index in [1.165, 1.54) is 18.5 Å². The molecule has 0 bridgehead atoms. The van der Waals surface area contributed by atoms with Crippen molar-refractivity contribution >= 4 is 50.6 Å². The molecule has 0 aromatic heterocycles. The van der Waals surface area contributed by atoms with Gasteiger partial charge in [0.1, 0.15) is 4.99 Å². The lowest BCUT2D eigenvalue weighted by Gasteiger charge is -2.33. The number of hydrogen-bond donors (Lipinski definition) is 1. The standard InChI is InChI=1S/C13H17BrN2S2/c1-18-10-4-6-16(7-5-10)12-3-2-9(13(15)17)8-11(12)14/h2-3,8,10H,4-7H2,1H3,(H2,15,17). The molecule has 2 rings (SSSR count). The zero-order valence-electron chi connectivity index (χ0n) is 10.4. The molecule has 1 aliphatic heterocycles. The van der Waals surface area contributed by atoms with Crippen LogP contribution < -0.4 is 10.6 Å². The molecule has 18 heavy (non-hydrogen) atoms. The van der Waals surface area contributed by atoms with E-state index < -0.39 is 0 Å². The second kappa shape index (κ2) is 6.26. The van der Waals surface area contributed by atoms with Gasteiger partial charge in [0.2, 0.25) is 0 Å². The van der Waals surface area contributed by atoms with Crippen LogP contribution in [0.2, 0.25) is 0 Å². The molecule has 0 spiro atoms. The molecule has 1 aromatic carbocycles. The molecular weight excluding hydrogens is 328 g/mol. The van der Waals surface area contributed by atoms with Gasteiger partial charge in [-0.1, -0.05) is 12.2 Å². The lowest BCUT2D eigenvalue weighted by Crippen LogP contribution is -2.34. The lowest BCUT2D eigenvalue weighted by atomic mass is 10.1. The van der Waals surface area contributed by atoms with Crippen LogP contribution in [0, 0.1) is 0 Å². The van der Waals surface area contributed by atoms with Gasteiger partial charge in [0.25, 0.3) is 0 Å². The normalized spacial score (nSPS) is 16.9. The molecule has 98 valence electrons. The summed E-state index contributed by atoms with van der Waals surface area (Å²) in [6.45, 7) is 2.24. The number of anilines is 1. The van der Waals surface area contributed by atoms with E-state index in [-0.39, 0.29) is 0 Å². The maximum atomic E-state index is 5.64. The molecule has 0 atom stereocenters. The van der Waals surface area contributed by atoms with Crippen molar-refractivity contribution in [3.05, 3.63) is 28.2 Å². The number of benzene rings is 1. The first-order valence-electron chi connectivity index (χ1n) is 5.99. The molecule has 1 saturated heterocycles. The molecule has 1 aliphatic rings. The Balaban J connectivity index is 2.12. The maximum absolute atomic E-state index is 5.64. The third kappa shape index (κ3) is 3.19. The van der Waals surface area contributed by atoms with Crippen molar-refractivity contribution in [2.45, 2.75) is 18.1 Å². The van der Waals surface area contributed by atoms with Gasteiger partial charge in [0, 0.05) is 28.4 Å². The Kier molecular flexibility index (Phi) is 4.92. The number of thioether (sulfide) groups is 1. The van der Waals surface area contributed by atoms with Gasteiger partial charge in [0.15, 0.2) is 0 Å². The summed E-state index contributed by atoms with van der Waals surface area (Å²) in [5, 5.41) is 0.816. The van der Waals surface area contributed by atoms with Crippen LogP contribution in [0.4, 0.5) is 5.69 Å². The van der Waals surface area contributed by atoms with Gasteiger partial charge in [-0.3, -0.25) is 0 Å². The molecule has 1 heterocycles. The third-order valence-corrected chi connectivity index (χ3v) is 5.36. The molecule has 1 aromatic rings. The fraction of sp³-hybridized carbons (Fsp3) is 0.462. The van der Waals surface area contributed by atoms with Crippen molar-refractivity contribution in [2.75, 3.05) is 24.2 Å². The second-order valence-electron chi connectivity index (χ2n) is 4.45. The monoisotopic (exact) mass is 344 g/mol. The predicted molar refractivity (Wildman–Crippen MR) is 88.8 cm³/mol. The number of nitrogens with two attached hydrogens (primary N) is 1. The Labute approximate surface area is 126 Å². The molecule has 0 amide bonds. The summed E-state index contributed by atoms with van der Waals surface area (Å²) in [5.41, 5.74) is 7.80. The Morgan fingerprint density at radius 2 is 2.11 bits per heavy atom. The van der Waals surface area contributed by atoms with Crippen LogP contribution in [-0.2, 0) is 0 Å². The molecule has 0 radical (unpaired) electrons. The van der Waals surface area contributed by atoms with E-state index in [0.29, 0.717) is 4.99 Å². The average molecular weight is 345 g/mol. The molecule has 1 fully saturated rings. The van der Waals surface area contributed by atoms with Crippen LogP contribution in [0.25, 0.3) is 0 Å². The van der Waals surface area contributed by atoms with Gasteiger partial charge >= 0.3 is 0 Å². The molecule has 0 unspecified atom stereocenters. The number of hydrogen-bond acceptors (Lipinski definition) is 3. The van der Waals surface area contributed by atoms with Crippen molar-refractivity contribution in [3.63, 3.8) is 0 Å². The highest BCUT2D eigenvalue weighted by molar-refractivity contribution is 9.10. The molecule has 0 aliphatic carbocycles. The number of halogens is 1. The first-order chi connectivity index (χ1) is 8.61. The van der Waals surface area contributed by atoms with Crippen LogP contribution in [0.1, 0.15) is 18.4 Å².